The Morgan fingerprint density at radius 1 is 1.00 bits per heavy atom. The molecule has 1 amide bonds. The number of hydrogen-bond acceptors (Lipinski definition) is 8. The minimum absolute atomic E-state index is 0.216. The van der Waals surface area contributed by atoms with Crippen molar-refractivity contribution in [2.24, 2.45) is 5.41 Å². The van der Waals surface area contributed by atoms with Crippen LogP contribution >= 0.6 is 0 Å². The van der Waals surface area contributed by atoms with Gasteiger partial charge in [-0.2, -0.15) is 0 Å². The number of carbonyl (C=O) groups excluding carboxylic acids is 2. The molecule has 0 spiro atoms. The van der Waals surface area contributed by atoms with E-state index in [1.165, 1.54) is 5.56 Å². The van der Waals surface area contributed by atoms with E-state index in [1.54, 1.807) is 11.8 Å². The molecule has 3 heterocycles. The van der Waals surface area contributed by atoms with Gasteiger partial charge in [0.2, 0.25) is 0 Å². The Kier molecular flexibility index (Phi) is 9.39. The molecular weight excluding hydrogens is 476 g/mol. The number of hydrogen-bond donors (Lipinski definition) is 1. The van der Waals surface area contributed by atoms with Gasteiger partial charge in [-0.1, -0.05) is 30.3 Å². The number of likely N-dealkylation sites (tertiary alicyclic amines) is 1. The van der Waals surface area contributed by atoms with Crippen molar-refractivity contribution in [3.8, 4) is 0 Å². The largest absolute Gasteiger partial charge is 0.481 e. The van der Waals surface area contributed by atoms with Crippen LogP contribution in [-0.2, 0) is 25.6 Å². The number of carboxylic acid groups (broad SMARTS) is 1. The van der Waals surface area contributed by atoms with Gasteiger partial charge in [-0.3, -0.25) is 24.3 Å². The van der Waals surface area contributed by atoms with Gasteiger partial charge in [0.25, 0.3) is 0 Å². The number of amides is 1. The maximum Gasteiger partial charge on any atom is 0.410 e. The fourth-order valence-corrected chi connectivity index (χ4v) is 5.61. The zero-order valence-corrected chi connectivity index (χ0v) is 21.8. The van der Waals surface area contributed by atoms with E-state index in [1.807, 2.05) is 6.07 Å². The molecule has 3 fully saturated rings. The first-order chi connectivity index (χ1) is 17.9. The quantitative estimate of drug-likeness (QED) is 0.441. The molecule has 4 rings (SSSR count). The van der Waals surface area contributed by atoms with Gasteiger partial charge in [-0.15, -0.1) is 0 Å². The Bertz CT molecular complexity index is 913. The van der Waals surface area contributed by atoms with Crippen molar-refractivity contribution in [3.63, 3.8) is 0 Å². The molecule has 0 aliphatic carbocycles. The van der Waals surface area contributed by atoms with Crippen molar-refractivity contribution in [1.82, 2.24) is 19.6 Å². The number of carboxylic acids is 1. The summed E-state index contributed by atoms with van der Waals surface area (Å²) < 4.78 is 10.8. The Hall–Kier alpha value is -2.69. The van der Waals surface area contributed by atoms with Crippen molar-refractivity contribution in [2.45, 2.75) is 38.8 Å². The lowest BCUT2D eigenvalue weighted by atomic mass is 9.75. The number of esters is 1. The zero-order chi connectivity index (χ0) is 26.3. The van der Waals surface area contributed by atoms with Gasteiger partial charge in [0.1, 0.15) is 6.10 Å². The fourth-order valence-electron chi connectivity index (χ4n) is 5.61. The van der Waals surface area contributed by atoms with Crippen molar-refractivity contribution in [1.29, 1.82) is 0 Å². The highest BCUT2D eigenvalue weighted by Gasteiger charge is 2.45. The number of piperazine rings is 1. The molecule has 10 heteroatoms. The van der Waals surface area contributed by atoms with Crippen LogP contribution in [-0.4, -0.2) is 121 Å². The highest BCUT2D eigenvalue weighted by atomic mass is 16.6. The molecule has 1 N–H and O–H groups in total. The summed E-state index contributed by atoms with van der Waals surface area (Å²) in [5.74, 6) is -1.41. The van der Waals surface area contributed by atoms with Crippen molar-refractivity contribution >= 4 is 18.0 Å². The lowest BCUT2D eigenvalue weighted by Crippen LogP contribution is -2.49. The topological polar surface area (TPSA) is 103 Å². The van der Waals surface area contributed by atoms with E-state index in [0.717, 1.165) is 39.3 Å². The van der Waals surface area contributed by atoms with Crippen LogP contribution in [0.4, 0.5) is 4.79 Å². The third-order valence-electron chi connectivity index (χ3n) is 7.82. The maximum absolute atomic E-state index is 12.5. The molecule has 1 unspecified atom stereocenters. The molecule has 0 radical (unpaired) electrons. The van der Waals surface area contributed by atoms with Crippen molar-refractivity contribution < 1.29 is 29.0 Å². The fraction of sp³-hybridized carbons (Fsp3) is 0.667. The third kappa shape index (κ3) is 7.43. The molecule has 0 saturated carbocycles. The van der Waals surface area contributed by atoms with E-state index < -0.39 is 17.4 Å². The molecule has 1 aromatic carbocycles. The monoisotopic (exact) mass is 516 g/mol. The second-order valence-corrected chi connectivity index (χ2v) is 10.4. The second-order valence-electron chi connectivity index (χ2n) is 10.4. The molecule has 10 nitrogen and oxygen atoms in total. The average Bonchev–Trinajstić information content (AvgIpc) is 3.24. The van der Waals surface area contributed by atoms with Crippen LogP contribution in [0.1, 0.15) is 31.7 Å². The minimum atomic E-state index is -0.987. The van der Waals surface area contributed by atoms with Gasteiger partial charge in [-0.25, -0.2) is 4.79 Å². The van der Waals surface area contributed by atoms with Crippen LogP contribution < -0.4 is 0 Å². The number of piperidine rings is 1. The summed E-state index contributed by atoms with van der Waals surface area (Å²) >= 11 is 0. The van der Waals surface area contributed by atoms with Gasteiger partial charge >= 0.3 is 18.0 Å². The van der Waals surface area contributed by atoms with Gasteiger partial charge in [0.05, 0.1) is 25.0 Å². The first-order valence-corrected chi connectivity index (χ1v) is 13.4. The Morgan fingerprint density at radius 3 is 2.32 bits per heavy atom. The van der Waals surface area contributed by atoms with Gasteiger partial charge in [-0.05, 0) is 38.4 Å². The summed E-state index contributed by atoms with van der Waals surface area (Å²) in [6.45, 7) is 10.8. The summed E-state index contributed by atoms with van der Waals surface area (Å²) in [6, 6.07) is 10.5. The smallest absolute Gasteiger partial charge is 0.410 e. The molecule has 204 valence electrons. The zero-order valence-electron chi connectivity index (χ0n) is 21.8. The summed E-state index contributed by atoms with van der Waals surface area (Å²) in [7, 11) is 0. The van der Waals surface area contributed by atoms with Crippen molar-refractivity contribution in [3.05, 3.63) is 35.9 Å². The standard InChI is InChI=1S/C27H40N4O6/c1-2-36-25(34)27(18-24(32)33)8-10-29(11-9-27)20-23-21-31(26(35)37-23)17-16-28-12-14-30(15-13-28)19-22-6-4-3-5-7-22/h3-7,23H,2,8-21H2,1H3,(H,32,33). The molecular formula is C27H40N4O6. The maximum atomic E-state index is 12.5. The van der Waals surface area contributed by atoms with E-state index in [0.29, 0.717) is 45.6 Å². The van der Waals surface area contributed by atoms with Crippen LogP contribution in [0.3, 0.4) is 0 Å². The van der Waals surface area contributed by atoms with E-state index in [4.69, 9.17) is 9.47 Å². The molecule has 3 aliphatic heterocycles. The molecule has 3 saturated heterocycles. The van der Waals surface area contributed by atoms with Gasteiger partial charge in [0.15, 0.2) is 0 Å². The number of benzene rings is 1. The van der Waals surface area contributed by atoms with E-state index >= 15 is 0 Å². The van der Waals surface area contributed by atoms with E-state index in [9.17, 15) is 19.5 Å². The first kappa shape index (κ1) is 27.3. The third-order valence-corrected chi connectivity index (χ3v) is 7.82. The predicted octanol–water partition coefficient (Wildman–Crippen LogP) is 1.75. The highest BCUT2D eigenvalue weighted by Crippen LogP contribution is 2.37. The number of carbonyl (C=O) groups is 3. The Morgan fingerprint density at radius 2 is 1.68 bits per heavy atom. The number of nitrogens with zero attached hydrogens (tertiary/aromatic N) is 4. The molecule has 1 aromatic rings. The Balaban J connectivity index is 1.17. The highest BCUT2D eigenvalue weighted by molar-refractivity contribution is 5.83. The minimum Gasteiger partial charge on any atom is -0.481 e. The number of aliphatic carboxylic acids is 1. The number of cyclic esters (lactones) is 1. The first-order valence-electron chi connectivity index (χ1n) is 13.4. The molecule has 3 aliphatic rings. The summed E-state index contributed by atoms with van der Waals surface area (Å²) in [6.07, 6.45) is 0.158. The molecule has 0 aromatic heterocycles. The van der Waals surface area contributed by atoms with E-state index in [2.05, 4.69) is 39.0 Å². The van der Waals surface area contributed by atoms with Crippen LogP contribution in [0.2, 0.25) is 0 Å². The summed E-state index contributed by atoms with van der Waals surface area (Å²) in [4.78, 5) is 45.2. The lowest BCUT2D eigenvalue weighted by Gasteiger charge is -2.39. The van der Waals surface area contributed by atoms with Gasteiger partial charge < -0.3 is 19.5 Å². The molecule has 1 atom stereocenters. The van der Waals surface area contributed by atoms with Crippen LogP contribution in [0.5, 0.6) is 0 Å². The van der Waals surface area contributed by atoms with Crippen molar-refractivity contribution in [2.75, 3.05) is 72.1 Å². The summed E-state index contributed by atoms with van der Waals surface area (Å²) in [5, 5.41) is 9.33. The summed E-state index contributed by atoms with van der Waals surface area (Å²) in [5.41, 5.74) is 0.367. The van der Waals surface area contributed by atoms with Gasteiger partial charge in [0, 0.05) is 52.4 Å². The van der Waals surface area contributed by atoms with Crippen LogP contribution in [0, 0.1) is 5.41 Å². The molecule has 37 heavy (non-hydrogen) atoms. The average molecular weight is 517 g/mol. The van der Waals surface area contributed by atoms with Crippen LogP contribution in [0.25, 0.3) is 0 Å². The lowest BCUT2D eigenvalue weighted by molar-refractivity contribution is -0.164. The van der Waals surface area contributed by atoms with E-state index in [-0.39, 0.29) is 25.2 Å². The number of rotatable bonds is 11. The normalized spacial score (nSPS) is 23.1. The second kappa shape index (κ2) is 12.7. The molecule has 0 bridgehead atoms. The van der Waals surface area contributed by atoms with Crippen LogP contribution in [0.15, 0.2) is 30.3 Å². The predicted molar refractivity (Wildman–Crippen MR) is 137 cm³/mol. The SMILES string of the molecule is CCOC(=O)C1(CC(=O)O)CCN(CC2CN(CCN3CCN(Cc4ccccc4)CC3)C(=O)O2)CC1. The number of ether oxygens (including phenoxy) is 2. The Labute approximate surface area is 219 Å².